The van der Waals surface area contributed by atoms with Gasteiger partial charge in [-0.05, 0) is 73.0 Å². The lowest BCUT2D eigenvalue weighted by Gasteiger charge is -2.64. The molecule has 4 aliphatic rings. The molecule has 7 unspecified atom stereocenters. The second kappa shape index (κ2) is 4.74. The number of hydrogen-bond acceptors (Lipinski definition) is 3. The van der Waals surface area contributed by atoms with E-state index in [0.717, 1.165) is 32.1 Å². The van der Waals surface area contributed by atoms with E-state index in [-0.39, 0.29) is 40.7 Å². The molecule has 3 saturated carbocycles. The van der Waals surface area contributed by atoms with Gasteiger partial charge in [0, 0.05) is 0 Å². The van der Waals surface area contributed by atoms with Gasteiger partial charge in [-0.3, -0.25) is 0 Å². The molecule has 0 radical (unpaired) electrons. The molecule has 7 atom stereocenters. The summed E-state index contributed by atoms with van der Waals surface area (Å²) in [7, 11) is 0. The first-order valence-corrected chi connectivity index (χ1v) is 9.65. The summed E-state index contributed by atoms with van der Waals surface area (Å²) in [4.78, 5) is 0. The lowest BCUT2D eigenvalue weighted by molar-refractivity contribution is -0.214. The minimum atomic E-state index is -0.168. The molecule has 0 amide bonds. The zero-order valence-corrected chi connectivity index (χ0v) is 15.3. The Bertz CT molecular complexity index is 503. The fourth-order valence-corrected chi connectivity index (χ4v) is 7.55. The number of ether oxygens (including phenoxy) is 1. The number of hydrogen-bond donors (Lipinski definition) is 2. The fourth-order valence-electron chi connectivity index (χ4n) is 7.55. The van der Waals surface area contributed by atoms with Crippen molar-refractivity contribution in [3.05, 3.63) is 0 Å². The number of rotatable bonds is 1. The molecule has 0 aromatic rings. The molecule has 1 aliphatic heterocycles. The van der Waals surface area contributed by atoms with Crippen molar-refractivity contribution >= 4 is 0 Å². The fraction of sp³-hybridized carbons (Fsp3) is 1.00. The first kappa shape index (κ1) is 16.4. The van der Waals surface area contributed by atoms with Crippen LogP contribution in [0.15, 0.2) is 0 Å². The van der Waals surface area contributed by atoms with Crippen LogP contribution in [-0.2, 0) is 4.74 Å². The van der Waals surface area contributed by atoms with Crippen LogP contribution in [0.1, 0.15) is 72.6 Å². The van der Waals surface area contributed by atoms with Gasteiger partial charge in [-0.25, -0.2) is 0 Å². The average molecular weight is 322 g/mol. The van der Waals surface area contributed by atoms with Crippen LogP contribution in [0.4, 0.5) is 0 Å². The standard InChI is InChI=1S/C20H34O3/c1-17(2)13-6-10-20-12-18(3,16(11-21)23-20)8-5-14(20)19(13,4)9-7-15(17)22/h13-16,21-22H,5-12H2,1-4H3. The van der Waals surface area contributed by atoms with Gasteiger partial charge in [0.1, 0.15) is 0 Å². The highest BCUT2D eigenvalue weighted by molar-refractivity contribution is 5.17. The van der Waals surface area contributed by atoms with Crippen LogP contribution < -0.4 is 0 Å². The van der Waals surface area contributed by atoms with Crippen LogP contribution in [0.5, 0.6) is 0 Å². The van der Waals surface area contributed by atoms with Crippen LogP contribution in [0.25, 0.3) is 0 Å². The molecule has 3 aliphatic carbocycles. The summed E-state index contributed by atoms with van der Waals surface area (Å²) < 4.78 is 6.63. The highest BCUT2D eigenvalue weighted by atomic mass is 16.5. The molecule has 3 nitrogen and oxygen atoms in total. The number of aliphatic hydroxyl groups excluding tert-OH is 2. The van der Waals surface area contributed by atoms with Gasteiger partial charge in [0.25, 0.3) is 0 Å². The minimum absolute atomic E-state index is 0.00431. The third kappa shape index (κ3) is 1.93. The predicted molar refractivity (Wildman–Crippen MR) is 90.0 cm³/mol. The summed E-state index contributed by atoms with van der Waals surface area (Å²) in [6.07, 6.45) is 7.70. The van der Waals surface area contributed by atoms with Gasteiger partial charge in [-0.2, -0.15) is 0 Å². The molecular weight excluding hydrogens is 288 g/mol. The van der Waals surface area contributed by atoms with E-state index in [1.54, 1.807) is 0 Å². The van der Waals surface area contributed by atoms with Gasteiger partial charge in [-0.15, -0.1) is 0 Å². The van der Waals surface area contributed by atoms with Gasteiger partial charge in [0.15, 0.2) is 0 Å². The van der Waals surface area contributed by atoms with Crippen molar-refractivity contribution in [3.8, 4) is 0 Å². The van der Waals surface area contributed by atoms with Gasteiger partial charge < -0.3 is 14.9 Å². The summed E-state index contributed by atoms with van der Waals surface area (Å²) in [6.45, 7) is 9.51. The van der Waals surface area contributed by atoms with E-state index >= 15 is 0 Å². The van der Waals surface area contributed by atoms with Gasteiger partial charge >= 0.3 is 0 Å². The predicted octanol–water partition coefficient (Wildman–Crippen LogP) is 3.52. The van der Waals surface area contributed by atoms with Crippen molar-refractivity contribution < 1.29 is 14.9 Å². The summed E-state index contributed by atoms with van der Waals surface area (Å²) in [6, 6.07) is 0. The monoisotopic (exact) mass is 322 g/mol. The lowest BCUT2D eigenvalue weighted by Crippen LogP contribution is -2.62. The van der Waals surface area contributed by atoms with Crippen LogP contribution >= 0.6 is 0 Å². The largest absolute Gasteiger partial charge is 0.394 e. The molecule has 4 fully saturated rings. The Hall–Kier alpha value is -0.120. The minimum Gasteiger partial charge on any atom is -0.394 e. The normalized spacial score (nSPS) is 57.7. The molecule has 132 valence electrons. The summed E-state index contributed by atoms with van der Waals surface area (Å²) in [5.41, 5.74) is 0.430. The second-order valence-corrected chi connectivity index (χ2v) is 10.2. The van der Waals surface area contributed by atoms with Gasteiger partial charge in [0.2, 0.25) is 0 Å². The zero-order valence-electron chi connectivity index (χ0n) is 15.3. The Morgan fingerprint density at radius 2 is 1.65 bits per heavy atom. The molecule has 4 rings (SSSR count). The molecular formula is C20H34O3. The van der Waals surface area contributed by atoms with Crippen molar-refractivity contribution in [2.75, 3.05) is 6.61 Å². The van der Waals surface area contributed by atoms with E-state index in [0.29, 0.717) is 11.8 Å². The highest BCUT2D eigenvalue weighted by Gasteiger charge is 2.68. The van der Waals surface area contributed by atoms with Gasteiger partial charge in [0.05, 0.1) is 24.4 Å². The molecule has 23 heavy (non-hydrogen) atoms. The first-order valence-electron chi connectivity index (χ1n) is 9.65. The molecule has 2 N–H and O–H groups in total. The maximum absolute atomic E-state index is 10.6. The molecule has 1 heterocycles. The molecule has 0 aromatic carbocycles. The first-order chi connectivity index (χ1) is 10.7. The zero-order chi connectivity index (χ0) is 16.7. The second-order valence-electron chi connectivity index (χ2n) is 10.2. The van der Waals surface area contributed by atoms with E-state index < -0.39 is 0 Å². The SMILES string of the molecule is CC12CCC3C(CCC4C(C)(C)C(O)CCC34C)(C1)OC2CO. The molecule has 1 saturated heterocycles. The molecule has 0 aromatic heterocycles. The summed E-state index contributed by atoms with van der Waals surface area (Å²) in [5, 5.41) is 20.4. The quantitative estimate of drug-likeness (QED) is 0.776. The van der Waals surface area contributed by atoms with E-state index in [1.807, 2.05) is 0 Å². The van der Waals surface area contributed by atoms with Crippen molar-refractivity contribution in [2.24, 2.45) is 28.1 Å². The molecule has 3 heteroatoms. The third-order valence-corrected chi connectivity index (χ3v) is 8.82. The number of aliphatic hydroxyl groups is 2. The van der Waals surface area contributed by atoms with Crippen molar-refractivity contribution in [1.29, 1.82) is 0 Å². The highest BCUT2D eigenvalue weighted by Crippen LogP contribution is 2.70. The Kier molecular flexibility index (Phi) is 3.37. The lowest BCUT2D eigenvalue weighted by atomic mass is 9.42. The van der Waals surface area contributed by atoms with E-state index in [2.05, 4.69) is 27.7 Å². The van der Waals surface area contributed by atoms with E-state index in [9.17, 15) is 10.2 Å². The van der Waals surface area contributed by atoms with Gasteiger partial charge in [-0.1, -0.05) is 27.7 Å². The topological polar surface area (TPSA) is 49.7 Å². The van der Waals surface area contributed by atoms with E-state index in [4.69, 9.17) is 4.74 Å². The third-order valence-electron chi connectivity index (χ3n) is 8.82. The maximum atomic E-state index is 10.6. The van der Waals surface area contributed by atoms with Crippen LogP contribution in [0.3, 0.4) is 0 Å². The van der Waals surface area contributed by atoms with Crippen molar-refractivity contribution in [2.45, 2.75) is 90.4 Å². The van der Waals surface area contributed by atoms with E-state index in [1.165, 1.54) is 12.8 Å². The Labute approximate surface area is 140 Å². The van der Waals surface area contributed by atoms with Crippen LogP contribution in [-0.4, -0.2) is 34.6 Å². The Balaban J connectivity index is 1.72. The molecule has 1 spiro atoms. The summed E-state index contributed by atoms with van der Waals surface area (Å²) >= 11 is 0. The van der Waals surface area contributed by atoms with Crippen LogP contribution in [0.2, 0.25) is 0 Å². The molecule has 2 bridgehead atoms. The summed E-state index contributed by atoms with van der Waals surface area (Å²) in [5.74, 6) is 1.17. The maximum Gasteiger partial charge on any atom is 0.0867 e. The number of fused-ring (bicyclic) bond motifs is 3. The Morgan fingerprint density at radius 1 is 0.957 bits per heavy atom. The van der Waals surface area contributed by atoms with Crippen molar-refractivity contribution in [3.63, 3.8) is 0 Å². The average Bonchev–Trinajstić information content (AvgIpc) is 2.69. The van der Waals surface area contributed by atoms with Crippen molar-refractivity contribution in [1.82, 2.24) is 0 Å². The van der Waals surface area contributed by atoms with Crippen LogP contribution in [0, 0.1) is 28.1 Å². The Morgan fingerprint density at radius 3 is 2.35 bits per heavy atom. The smallest absolute Gasteiger partial charge is 0.0867 e.